The summed E-state index contributed by atoms with van der Waals surface area (Å²) in [4.78, 5) is 26.1. The second-order valence-corrected chi connectivity index (χ2v) is 10.7. The Morgan fingerprint density at radius 3 is 2.89 bits per heavy atom. The number of piperazine rings is 1. The number of benzene rings is 1. The van der Waals surface area contributed by atoms with Crippen molar-refractivity contribution in [2.24, 2.45) is 0 Å². The lowest BCUT2D eigenvalue weighted by atomic mass is 10.1. The van der Waals surface area contributed by atoms with Crippen LogP contribution < -0.4 is 4.90 Å². The Bertz CT molecular complexity index is 1380. The third-order valence-electron chi connectivity index (χ3n) is 7.53. The van der Waals surface area contributed by atoms with Gasteiger partial charge in [-0.2, -0.15) is 0 Å². The fraction of sp³-hybridized carbons (Fsp3) is 0.480. The Hall–Kier alpha value is -2.66. The maximum atomic E-state index is 15.1. The van der Waals surface area contributed by atoms with Crippen molar-refractivity contribution in [1.29, 1.82) is 0 Å². The fourth-order valence-corrected chi connectivity index (χ4v) is 6.72. The van der Waals surface area contributed by atoms with Crippen molar-refractivity contribution in [2.75, 3.05) is 57.4 Å². The summed E-state index contributed by atoms with van der Waals surface area (Å²) < 4.78 is 20.7. The highest BCUT2D eigenvalue weighted by Gasteiger charge is 2.31. The van der Waals surface area contributed by atoms with E-state index in [1.54, 1.807) is 17.4 Å². The predicted molar refractivity (Wildman–Crippen MR) is 135 cm³/mol. The summed E-state index contributed by atoms with van der Waals surface area (Å²) in [6, 6.07) is 5.80. The minimum atomic E-state index is -0.316. The maximum absolute atomic E-state index is 15.1. The molecule has 3 saturated heterocycles. The van der Waals surface area contributed by atoms with Gasteiger partial charge in [-0.3, -0.25) is 9.80 Å². The number of anilines is 1. The van der Waals surface area contributed by atoms with Gasteiger partial charge in [0.1, 0.15) is 21.2 Å². The lowest BCUT2D eigenvalue weighted by Crippen LogP contribution is -2.49. The molecular weight excluding hydrogens is 465 g/mol. The molecule has 7 rings (SSSR count). The van der Waals surface area contributed by atoms with E-state index in [1.807, 2.05) is 12.3 Å². The molecule has 3 aliphatic heterocycles. The van der Waals surface area contributed by atoms with Gasteiger partial charge in [0, 0.05) is 55.9 Å². The molecule has 0 aliphatic carbocycles. The molecule has 0 unspecified atom stereocenters. The lowest BCUT2D eigenvalue weighted by molar-refractivity contribution is 0.0993. The van der Waals surface area contributed by atoms with Crippen LogP contribution in [0.25, 0.3) is 32.6 Å². The van der Waals surface area contributed by atoms with E-state index in [0.29, 0.717) is 30.6 Å². The van der Waals surface area contributed by atoms with Crippen LogP contribution in [0, 0.1) is 5.82 Å². The highest BCUT2D eigenvalue weighted by Crippen LogP contribution is 2.35. The number of aromatic amines is 1. The third-order valence-corrected chi connectivity index (χ3v) is 8.47. The standard InChI is InChI=1S/C25H28FN7OS/c26-18-3-4-19-17(5-6-27-19)21(18)23-29-24(33-10-12-34-13-11-33)22-25(30-23)35-20(28-22)15-31-8-9-32-7-1-2-16(32)14-31/h3-6,16,27H,1-2,7-15H2/t16-/m0/s1. The first-order valence-corrected chi connectivity index (χ1v) is 13.3. The van der Waals surface area contributed by atoms with Crippen molar-refractivity contribution < 1.29 is 9.13 Å². The zero-order chi connectivity index (χ0) is 23.4. The Morgan fingerprint density at radius 2 is 1.97 bits per heavy atom. The molecular formula is C25H28FN7OS. The molecule has 3 aromatic heterocycles. The van der Waals surface area contributed by atoms with E-state index in [4.69, 9.17) is 19.7 Å². The summed E-state index contributed by atoms with van der Waals surface area (Å²) in [6.07, 6.45) is 4.43. The molecule has 1 N–H and O–H groups in total. The van der Waals surface area contributed by atoms with Gasteiger partial charge in [-0.15, -0.1) is 0 Å². The Morgan fingerprint density at radius 1 is 1.06 bits per heavy atom. The van der Waals surface area contributed by atoms with Gasteiger partial charge < -0.3 is 14.6 Å². The van der Waals surface area contributed by atoms with E-state index in [1.165, 1.54) is 25.5 Å². The molecule has 182 valence electrons. The third kappa shape index (κ3) is 3.88. The van der Waals surface area contributed by atoms with E-state index >= 15 is 4.39 Å². The first-order chi connectivity index (χ1) is 17.2. The van der Waals surface area contributed by atoms with Crippen LogP contribution in [0.3, 0.4) is 0 Å². The summed E-state index contributed by atoms with van der Waals surface area (Å²) in [5, 5.41) is 1.84. The molecule has 3 aliphatic rings. The SMILES string of the molecule is Fc1ccc2[nH]ccc2c1-c1nc(N2CCOCC2)c2nc(CN3CCN4CCC[C@H]4C3)sc2n1. The Balaban J connectivity index is 1.30. The van der Waals surface area contributed by atoms with Gasteiger partial charge in [0.25, 0.3) is 0 Å². The van der Waals surface area contributed by atoms with E-state index in [0.717, 1.165) is 71.3 Å². The fourth-order valence-electron chi connectivity index (χ4n) is 5.75. The number of morpholine rings is 1. The predicted octanol–water partition coefficient (Wildman–Crippen LogP) is 3.49. The van der Waals surface area contributed by atoms with Crippen LogP contribution in [0.5, 0.6) is 0 Å². The molecule has 0 radical (unpaired) electrons. The second-order valence-electron chi connectivity index (χ2n) is 9.66. The van der Waals surface area contributed by atoms with Gasteiger partial charge in [0.2, 0.25) is 0 Å². The number of rotatable bonds is 4. The quantitative estimate of drug-likeness (QED) is 0.467. The van der Waals surface area contributed by atoms with Crippen LogP contribution in [0.2, 0.25) is 0 Å². The molecule has 3 fully saturated rings. The van der Waals surface area contributed by atoms with Crippen LogP contribution in [0.4, 0.5) is 10.2 Å². The molecule has 0 saturated carbocycles. The number of hydrogen-bond acceptors (Lipinski definition) is 8. The van der Waals surface area contributed by atoms with Crippen molar-refractivity contribution in [3.05, 3.63) is 35.2 Å². The number of H-pyrrole nitrogens is 1. The molecule has 0 spiro atoms. The lowest BCUT2D eigenvalue weighted by Gasteiger charge is -2.37. The van der Waals surface area contributed by atoms with Crippen molar-refractivity contribution in [1.82, 2.24) is 29.7 Å². The minimum Gasteiger partial charge on any atom is -0.378 e. The first-order valence-electron chi connectivity index (χ1n) is 12.5. The molecule has 0 amide bonds. The average molecular weight is 494 g/mol. The van der Waals surface area contributed by atoms with Gasteiger partial charge >= 0.3 is 0 Å². The van der Waals surface area contributed by atoms with E-state index in [9.17, 15) is 0 Å². The molecule has 6 heterocycles. The Labute approximate surface area is 206 Å². The summed E-state index contributed by atoms with van der Waals surface area (Å²) in [5.74, 6) is 0.878. The number of nitrogens with one attached hydrogen (secondary N) is 1. The maximum Gasteiger partial charge on any atom is 0.166 e. The smallest absolute Gasteiger partial charge is 0.166 e. The summed E-state index contributed by atoms with van der Waals surface area (Å²) in [7, 11) is 0. The highest BCUT2D eigenvalue weighted by molar-refractivity contribution is 7.18. The Kier molecular flexibility index (Phi) is 5.42. The minimum absolute atomic E-state index is 0.316. The summed E-state index contributed by atoms with van der Waals surface area (Å²) in [5.41, 5.74) is 2.12. The zero-order valence-electron chi connectivity index (χ0n) is 19.5. The van der Waals surface area contributed by atoms with Gasteiger partial charge in [0.15, 0.2) is 11.6 Å². The van der Waals surface area contributed by atoms with Crippen molar-refractivity contribution in [2.45, 2.75) is 25.4 Å². The van der Waals surface area contributed by atoms with Gasteiger partial charge in [-0.25, -0.2) is 19.3 Å². The number of nitrogens with zero attached hydrogens (tertiary/aromatic N) is 6. The number of thiazole rings is 1. The normalized spacial score (nSPS) is 21.9. The van der Waals surface area contributed by atoms with Gasteiger partial charge in [-0.1, -0.05) is 11.3 Å². The molecule has 0 bridgehead atoms. The van der Waals surface area contributed by atoms with Crippen molar-refractivity contribution in [3.63, 3.8) is 0 Å². The number of hydrogen-bond donors (Lipinski definition) is 1. The van der Waals surface area contributed by atoms with E-state index in [2.05, 4.69) is 19.7 Å². The van der Waals surface area contributed by atoms with Crippen LogP contribution in [-0.4, -0.2) is 88.3 Å². The number of ether oxygens (including phenoxy) is 1. The van der Waals surface area contributed by atoms with Gasteiger partial charge in [0.05, 0.1) is 25.3 Å². The first kappa shape index (κ1) is 21.6. The highest BCUT2D eigenvalue weighted by atomic mass is 32.1. The molecule has 4 aromatic rings. The van der Waals surface area contributed by atoms with Crippen LogP contribution in [0.1, 0.15) is 17.8 Å². The second kappa shape index (κ2) is 8.77. The van der Waals surface area contributed by atoms with E-state index in [-0.39, 0.29) is 5.82 Å². The topological polar surface area (TPSA) is 73.4 Å². The number of halogens is 1. The summed E-state index contributed by atoms with van der Waals surface area (Å²) >= 11 is 1.61. The van der Waals surface area contributed by atoms with Gasteiger partial charge in [-0.05, 0) is 37.6 Å². The van der Waals surface area contributed by atoms with E-state index < -0.39 is 0 Å². The van der Waals surface area contributed by atoms with Crippen LogP contribution >= 0.6 is 11.3 Å². The molecule has 35 heavy (non-hydrogen) atoms. The van der Waals surface area contributed by atoms with Crippen LogP contribution in [-0.2, 0) is 11.3 Å². The van der Waals surface area contributed by atoms with Crippen molar-refractivity contribution >= 4 is 38.4 Å². The van der Waals surface area contributed by atoms with Crippen LogP contribution in [0.15, 0.2) is 24.4 Å². The zero-order valence-corrected chi connectivity index (χ0v) is 20.4. The number of aromatic nitrogens is 4. The monoisotopic (exact) mass is 493 g/mol. The number of fused-ring (bicyclic) bond motifs is 3. The molecule has 1 aromatic carbocycles. The molecule has 8 nitrogen and oxygen atoms in total. The molecule has 1 atom stereocenters. The average Bonchev–Trinajstić information content (AvgIpc) is 3.63. The van der Waals surface area contributed by atoms with Crippen molar-refractivity contribution in [3.8, 4) is 11.4 Å². The molecule has 10 heteroatoms. The summed E-state index contributed by atoms with van der Waals surface area (Å²) in [6.45, 7) is 8.13. The largest absolute Gasteiger partial charge is 0.378 e.